The number of fused-ring (bicyclic) bond motifs is 3. The van der Waals surface area contributed by atoms with Crippen molar-refractivity contribution in [1.82, 2.24) is 0 Å². The zero-order chi connectivity index (χ0) is 19.8. The fraction of sp³-hybridized carbons (Fsp3) is 0.240. The zero-order valence-corrected chi connectivity index (χ0v) is 16.8. The first-order valence-electron chi connectivity index (χ1n) is 10.0. The average molecular weight is 404 g/mol. The second-order valence-electron chi connectivity index (χ2n) is 7.86. The third-order valence-electron chi connectivity index (χ3n) is 6.21. The van der Waals surface area contributed by atoms with Gasteiger partial charge in [0.2, 0.25) is 5.91 Å². The molecule has 3 aromatic carbocycles. The fourth-order valence-corrected chi connectivity index (χ4v) is 4.82. The molecule has 0 radical (unpaired) electrons. The Bertz CT molecular complexity index is 1090. The summed E-state index contributed by atoms with van der Waals surface area (Å²) in [7, 11) is 0. The minimum Gasteiger partial charge on any atom is -0.381 e. The molecule has 0 spiro atoms. The molecule has 0 saturated carbocycles. The largest absolute Gasteiger partial charge is 0.381 e. The molecule has 0 aromatic heterocycles. The third-order valence-corrected chi connectivity index (χ3v) is 6.44. The molecule has 0 unspecified atom stereocenters. The maximum Gasteiger partial charge on any atom is 0.235 e. The predicted molar refractivity (Wildman–Crippen MR) is 116 cm³/mol. The molecule has 4 heteroatoms. The van der Waals surface area contributed by atoms with Crippen LogP contribution >= 0.6 is 11.6 Å². The number of nitrogens with one attached hydrogen (secondary N) is 1. The van der Waals surface area contributed by atoms with E-state index in [4.69, 9.17) is 16.3 Å². The number of amides is 1. The second kappa shape index (κ2) is 7.33. The number of hydrogen-bond acceptors (Lipinski definition) is 2. The molecule has 0 atom stereocenters. The lowest BCUT2D eigenvalue weighted by Crippen LogP contribution is -2.44. The van der Waals surface area contributed by atoms with Crippen molar-refractivity contribution in [3.63, 3.8) is 0 Å². The van der Waals surface area contributed by atoms with Gasteiger partial charge in [0.15, 0.2) is 0 Å². The van der Waals surface area contributed by atoms with Crippen LogP contribution in [-0.2, 0) is 21.4 Å². The summed E-state index contributed by atoms with van der Waals surface area (Å²) in [6.07, 6.45) is 2.20. The summed E-state index contributed by atoms with van der Waals surface area (Å²) in [5.74, 6) is 0.0125. The van der Waals surface area contributed by atoms with Crippen LogP contribution in [0, 0.1) is 0 Å². The normalized spacial score (nSPS) is 16.7. The van der Waals surface area contributed by atoms with Gasteiger partial charge in [-0.25, -0.2) is 0 Å². The highest BCUT2D eigenvalue weighted by Gasteiger charge is 2.42. The van der Waals surface area contributed by atoms with Gasteiger partial charge in [-0.1, -0.05) is 54.1 Å². The van der Waals surface area contributed by atoms with Crippen LogP contribution in [0.25, 0.3) is 11.1 Å². The summed E-state index contributed by atoms with van der Waals surface area (Å²) in [5.41, 5.74) is 6.33. The van der Waals surface area contributed by atoms with Gasteiger partial charge < -0.3 is 10.1 Å². The maximum absolute atomic E-state index is 13.5. The number of carbonyl (C=O) groups excluding carboxylic acids is 1. The Kier molecular flexibility index (Phi) is 4.65. The van der Waals surface area contributed by atoms with E-state index in [2.05, 4.69) is 41.7 Å². The van der Waals surface area contributed by atoms with Crippen molar-refractivity contribution in [1.29, 1.82) is 0 Å². The van der Waals surface area contributed by atoms with Crippen LogP contribution in [0.5, 0.6) is 0 Å². The van der Waals surface area contributed by atoms with E-state index >= 15 is 0 Å². The van der Waals surface area contributed by atoms with Crippen molar-refractivity contribution < 1.29 is 9.53 Å². The smallest absolute Gasteiger partial charge is 0.235 e. The van der Waals surface area contributed by atoms with Crippen LogP contribution in [0.4, 0.5) is 5.69 Å². The van der Waals surface area contributed by atoms with Gasteiger partial charge >= 0.3 is 0 Å². The van der Waals surface area contributed by atoms with Crippen LogP contribution in [0.1, 0.15) is 29.5 Å². The fourth-order valence-electron chi connectivity index (χ4n) is 4.63. The van der Waals surface area contributed by atoms with Crippen molar-refractivity contribution >= 4 is 23.2 Å². The summed E-state index contributed by atoms with van der Waals surface area (Å²) in [6.45, 7) is 1.14. The van der Waals surface area contributed by atoms with Gasteiger partial charge in [-0.15, -0.1) is 0 Å². The van der Waals surface area contributed by atoms with E-state index in [1.807, 2.05) is 30.3 Å². The van der Waals surface area contributed by atoms with Crippen LogP contribution in [0.3, 0.4) is 0 Å². The van der Waals surface area contributed by atoms with E-state index in [-0.39, 0.29) is 5.91 Å². The van der Waals surface area contributed by atoms with Crippen molar-refractivity contribution in [3.05, 3.63) is 88.4 Å². The summed E-state index contributed by atoms with van der Waals surface area (Å²) < 4.78 is 5.56. The highest BCUT2D eigenvalue weighted by molar-refractivity contribution is 6.30. The minimum atomic E-state index is -0.620. The number of rotatable bonds is 3. The second-order valence-corrected chi connectivity index (χ2v) is 8.30. The van der Waals surface area contributed by atoms with E-state index in [1.165, 1.54) is 22.3 Å². The van der Waals surface area contributed by atoms with Crippen molar-refractivity contribution in [2.45, 2.75) is 24.7 Å². The third kappa shape index (κ3) is 3.25. The summed E-state index contributed by atoms with van der Waals surface area (Å²) in [5, 5.41) is 3.84. The molecule has 1 aliphatic carbocycles. The van der Waals surface area contributed by atoms with E-state index in [0.29, 0.717) is 31.1 Å². The number of hydrogen-bond donors (Lipinski definition) is 1. The van der Waals surface area contributed by atoms with Gasteiger partial charge in [-0.2, -0.15) is 0 Å². The standard InChI is InChI=1S/C25H22ClNO2/c26-20-6-3-5-19(16-20)25(10-12-29-13-11-25)24(28)27-21-8-9-23-18(15-21)14-17-4-1-2-7-22(17)23/h1-9,15-16H,10-14H2,(H,27,28). The Labute approximate surface area is 175 Å². The van der Waals surface area contributed by atoms with Gasteiger partial charge in [0, 0.05) is 23.9 Å². The van der Waals surface area contributed by atoms with Gasteiger partial charge in [0.25, 0.3) is 0 Å². The number of halogens is 1. The monoisotopic (exact) mass is 403 g/mol. The Morgan fingerprint density at radius 3 is 2.52 bits per heavy atom. The molecule has 1 amide bonds. The maximum atomic E-state index is 13.5. The lowest BCUT2D eigenvalue weighted by atomic mass is 9.73. The van der Waals surface area contributed by atoms with Crippen molar-refractivity contribution in [2.24, 2.45) is 0 Å². The molecule has 1 fully saturated rings. The molecule has 1 N–H and O–H groups in total. The van der Waals surface area contributed by atoms with Gasteiger partial charge in [-0.05, 0) is 71.3 Å². The number of anilines is 1. The molecule has 3 nitrogen and oxygen atoms in total. The Balaban J connectivity index is 1.45. The average Bonchev–Trinajstić information content (AvgIpc) is 3.12. The van der Waals surface area contributed by atoms with Crippen LogP contribution in [0.2, 0.25) is 5.02 Å². The molecule has 146 valence electrons. The van der Waals surface area contributed by atoms with Gasteiger partial charge in [0.1, 0.15) is 0 Å². The van der Waals surface area contributed by atoms with Gasteiger partial charge in [0.05, 0.1) is 5.41 Å². The lowest BCUT2D eigenvalue weighted by Gasteiger charge is -2.36. The number of carbonyl (C=O) groups is 1. The Morgan fingerprint density at radius 2 is 1.69 bits per heavy atom. The molecule has 3 aromatic rings. The van der Waals surface area contributed by atoms with Crippen LogP contribution < -0.4 is 5.32 Å². The molecular formula is C25H22ClNO2. The molecule has 2 aliphatic rings. The minimum absolute atomic E-state index is 0.0125. The molecule has 1 aliphatic heterocycles. The molecule has 1 saturated heterocycles. The van der Waals surface area contributed by atoms with E-state index in [1.54, 1.807) is 0 Å². The first kappa shape index (κ1) is 18.4. The SMILES string of the molecule is O=C(Nc1ccc2c(c1)Cc1ccccc1-2)C1(c2cccc(Cl)c2)CCOCC1. The van der Waals surface area contributed by atoms with E-state index < -0.39 is 5.41 Å². The van der Waals surface area contributed by atoms with E-state index in [9.17, 15) is 4.79 Å². The van der Waals surface area contributed by atoms with Crippen LogP contribution in [-0.4, -0.2) is 19.1 Å². The Morgan fingerprint density at radius 1 is 0.897 bits per heavy atom. The van der Waals surface area contributed by atoms with E-state index in [0.717, 1.165) is 17.7 Å². The molecular weight excluding hydrogens is 382 g/mol. The van der Waals surface area contributed by atoms with Gasteiger partial charge in [-0.3, -0.25) is 4.79 Å². The topological polar surface area (TPSA) is 38.3 Å². The van der Waals surface area contributed by atoms with Crippen LogP contribution in [0.15, 0.2) is 66.7 Å². The first-order valence-corrected chi connectivity index (χ1v) is 10.4. The molecule has 1 heterocycles. The zero-order valence-electron chi connectivity index (χ0n) is 16.1. The van der Waals surface area contributed by atoms with Crippen molar-refractivity contribution in [2.75, 3.05) is 18.5 Å². The highest BCUT2D eigenvalue weighted by atomic mass is 35.5. The number of ether oxygens (including phenoxy) is 1. The summed E-state index contributed by atoms with van der Waals surface area (Å²) in [4.78, 5) is 13.5. The van der Waals surface area contributed by atoms with Crippen molar-refractivity contribution in [3.8, 4) is 11.1 Å². The molecule has 5 rings (SSSR count). The molecule has 29 heavy (non-hydrogen) atoms. The summed E-state index contributed by atoms with van der Waals surface area (Å²) in [6, 6.07) is 22.4. The molecule has 0 bridgehead atoms. The summed E-state index contributed by atoms with van der Waals surface area (Å²) >= 11 is 6.24. The quantitative estimate of drug-likeness (QED) is 0.483. The Hall–Kier alpha value is -2.62. The first-order chi connectivity index (χ1) is 14.2. The number of benzene rings is 3. The predicted octanol–water partition coefficient (Wildman–Crippen LogP) is 5.60. The lowest BCUT2D eigenvalue weighted by molar-refractivity contribution is -0.125. The highest BCUT2D eigenvalue weighted by Crippen LogP contribution is 2.40.